The van der Waals surface area contributed by atoms with Gasteiger partial charge in [-0.05, 0) is 73.1 Å². The van der Waals surface area contributed by atoms with Crippen LogP contribution in [0.3, 0.4) is 0 Å². The van der Waals surface area contributed by atoms with Gasteiger partial charge in [0.25, 0.3) is 0 Å². The SMILES string of the molecule is CC(C)(C)OC1CC(OCC2CC(OCCOC3CN(C(C)(C)C)C3)C2)C1. The van der Waals surface area contributed by atoms with Gasteiger partial charge in [-0.1, -0.05) is 0 Å². The highest BCUT2D eigenvalue weighted by Gasteiger charge is 2.37. The van der Waals surface area contributed by atoms with Gasteiger partial charge in [0.1, 0.15) is 0 Å². The van der Waals surface area contributed by atoms with Crippen LogP contribution in [0.4, 0.5) is 0 Å². The van der Waals surface area contributed by atoms with E-state index in [0.29, 0.717) is 30.3 Å². The minimum Gasteiger partial charge on any atom is -0.378 e. The predicted molar refractivity (Wildman–Crippen MR) is 107 cm³/mol. The van der Waals surface area contributed by atoms with Gasteiger partial charge in [0.05, 0.1) is 43.2 Å². The van der Waals surface area contributed by atoms with E-state index in [2.05, 4.69) is 46.4 Å². The molecule has 27 heavy (non-hydrogen) atoms. The topological polar surface area (TPSA) is 40.2 Å². The molecule has 3 rings (SSSR count). The standard InChI is InChI=1S/C22H41NO4/c1-21(2,3)23-13-20(14-23)25-8-7-24-17-9-16(10-17)15-26-18-11-19(12-18)27-22(4,5)6/h16-20H,7-15H2,1-6H3. The van der Waals surface area contributed by atoms with E-state index in [4.69, 9.17) is 18.9 Å². The molecule has 0 radical (unpaired) electrons. The quantitative estimate of drug-likeness (QED) is 0.569. The summed E-state index contributed by atoms with van der Waals surface area (Å²) in [5.41, 5.74) is 0.224. The summed E-state index contributed by atoms with van der Waals surface area (Å²) >= 11 is 0. The van der Waals surface area contributed by atoms with Crippen molar-refractivity contribution in [1.29, 1.82) is 0 Å². The third-order valence-corrected chi connectivity index (χ3v) is 5.92. The Morgan fingerprint density at radius 1 is 0.704 bits per heavy atom. The maximum absolute atomic E-state index is 6.03. The summed E-state index contributed by atoms with van der Waals surface area (Å²) in [5.74, 6) is 0.672. The molecule has 158 valence electrons. The van der Waals surface area contributed by atoms with Crippen LogP contribution in [0.5, 0.6) is 0 Å². The fourth-order valence-electron chi connectivity index (χ4n) is 3.99. The lowest BCUT2D eigenvalue weighted by atomic mass is 9.82. The molecule has 2 aliphatic carbocycles. The summed E-state index contributed by atoms with van der Waals surface area (Å²) in [7, 11) is 0. The van der Waals surface area contributed by atoms with Crippen molar-refractivity contribution in [3.8, 4) is 0 Å². The van der Waals surface area contributed by atoms with E-state index in [1.807, 2.05) is 0 Å². The number of hydrogen-bond acceptors (Lipinski definition) is 5. The van der Waals surface area contributed by atoms with Crippen LogP contribution < -0.4 is 0 Å². The second kappa shape index (κ2) is 8.66. The van der Waals surface area contributed by atoms with Crippen LogP contribution in [-0.4, -0.2) is 73.4 Å². The number of ether oxygens (including phenoxy) is 4. The van der Waals surface area contributed by atoms with Gasteiger partial charge >= 0.3 is 0 Å². The molecular formula is C22H41NO4. The molecule has 3 aliphatic rings. The Kier molecular flexibility index (Phi) is 6.90. The lowest BCUT2D eigenvalue weighted by molar-refractivity contribution is -0.161. The molecule has 0 aromatic rings. The van der Waals surface area contributed by atoms with Crippen LogP contribution in [0, 0.1) is 5.92 Å². The van der Waals surface area contributed by atoms with Gasteiger partial charge in [-0.15, -0.1) is 0 Å². The van der Waals surface area contributed by atoms with Crippen molar-refractivity contribution >= 4 is 0 Å². The summed E-state index contributed by atoms with van der Waals surface area (Å²) in [6.07, 6.45) is 5.96. The maximum atomic E-state index is 6.03. The van der Waals surface area contributed by atoms with E-state index in [1.54, 1.807) is 0 Å². The molecule has 1 heterocycles. The highest BCUT2D eigenvalue weighted by molar-refractivity contribution is 4.89. The number of nitrogens with zero attached hydrogens (tertiary/aromatic N) is 1. The van der Waals surface area contributed by atoms with Gasteiger partial charge in [0, 0.05) is 25.2 Å². The van der Waals surface area contributed by atoms with E-state index in [-0.39, 0.29) is 11.1 Å². The van der Waals surface area contributed by atoms with E-state index in [9.17, 15) is 0 Å². The average Bonchev–Trinajstić information content (AvgIpc) is 2.39. The number of likely N-dealkylation sites (tertiary alicyclic amines) is 1. The first-order valence-electron chi connectivity index (χ1n) is 10.9. The Bertz CT molecular complexity index is 452. The molecule has 0 aromatic heterocycles. The normalized spacial score (nSPS) is 32.7. The summed E-state index contributed by atoms with van der Waals surface area (Å²) in [4.78, 5) is 2.45. The molecule has 0 bridgehead atoms. The van der Waals surface area contributed by atoms with Crippen molar-refractivity contribution in [2.24, 2.45) is 5.92 Å². The van der Waals surface area contributed by atoms with E-state index in [0.717, 1.165) is 58.6 Å². The Labute approximate surface area is 166 Å². The zero-order valence-corrected chi connectivity index (χ0v) is 18.3. The second-order valence-electron chi connectivity index (χ2n) is 10.7. The molecule has 0 aromatic carbocycles. The van der Waals surface area contributed by atoms with Crippen molar-refractivity contribution in [1.82, 2.24) is 4.90 Å². The van der Waals surface area contributed by atoms with Crippen LogP contribution in [0.1, 0.15) is 67.2 Å². The van der Waals surface area contributed by atoms with Gasteiger partial charge in [0.15, 0.2) is 0 Å². The maximum Gasteiger partial charge on any atom is 0.0830 e. The molecule has 1 aliphatic heterocycles. The van der Waals surface area contributed by atoms with Gasteiger partial charge in [-0.3, -0.25) is 4.90 Å². The fourth-order valence-corrected chi connectivity index (χ4v) is 3.99. The van der Waals surface area contributed by atoms with Crippen molar-refractivity contribution in [3.05, 3.63) is 0 Å². The number of hydrogen-bond donors (Lipinski definition) is 0. The summed E-state index contributed by atoms with van der Waals surface area (Å²) in [6.45, 7) is 17.5. The molecule has 5 heteroatoms. The molecular weight excluding hydrogens is 342 g/mol. The fraction of sp³-hybridized carbons (Fsp3) is 1.00. The molecule has 0 atom stereocenters. The van der Waals surface area contributed by atoms with Crippen LogP contribution in [-0.2, 0) is 18.9 Å². The van der Waals surface area contributed by atoms with Gasteiger partial charge in [-0.2, -0.15) is 0 Å². The van der Waals surface area contributed by atoms with Crippen molar-refractivity contribution in [3.63, 3.8) is 0 Å². The number of rotatable bonds is 9. The first kappa shape index (κ1) is 21.5. The Morgan fingerprint density at radius 2 is 1.26 bits per heavy atom. The monoisotopic (exact) mass is 383 g/mol. The molecule has 1 saturated heterocycles. The van der Waals surface area contributed by atoms with Crippen molar-refractivity contribution < 1.29 is 18.9 Å². The summed E-state index contributed by atoms with van der Waals surface area (Å²) < 4.78 is 23.8. The molecule has 2 saturated carbocycles. The van der Waals surface area contributed by atoms with Crippen molar-refractivity contribution in [2.45, 2.75) is 103 Å². The summed E-state index contributed by atoms with van der Waals surface area (Å²) in [6, 6.07) is 0. The van der Waals surface area contributed by atoms with E-state index in [1.165, 1.54) is 0 Å². The van der Waals surface area contributed by atoms with E-state index >= 15 is 0 Å². The van der Waals surface area contributed by atoms with Gasteiger partial charge in [0.2, 0.25) is 0 Å². The van der Waals surface area contributed by atoms with Crippen LogP contribution in [0.2, 0.25) is 0 Å². The third kappa shape index (κ3) is 6.67. The molecule has 3 fully saturated rings. The Hall–Kier alpha value is -0.200. The highest BCUT2D eigenvalue weighted by Crippen LogP contribution is 2.34. The van der Waals surface area contributed by atoms with Gasteiger partial charge < -0.3 is 18.9 Å². The molecule has 0 amide bonds. The second-order valence-corrected chi connectivity index (χ2v) is 10.7. The Balaban J connectivity index is 1.12. The molecule has 5 nitrogen and oxygen atoms in total. The lowest BCUT2D eigenvalue weighted by Gasteiger charge is -2.47. The minimum absolute atomic E-state index is 0.0392. The summed E-state index contributed by atoms with van der Waals surface area (Å²) in [5, 5.41) is 0. The zero-order chi connectivity index (χ0) is 19.7. The average molecular weight is 384 g/mol. The van der Waals surface area contributed by atoms with Crippen molar-refractivity contribution in [2.75, 3.05) is 32.9 Å². The Morgan fingerprint density at radius 3 is 1.81 bits per heavy atom. The largest absolute Gasteiger partial charge is 0.378 e. The predicted octanol–water partition coefficient (Wildman–Crippen LogP) is 3.64. The first-order valence-corrected chi connectivity index (χ1v) is 10.9. The zero-order valence-electron chi connectivity index (χ0n) is 18.3. The first-order chi connectivity index (χ1) is 12.6. The lowest BCUT2D eigenvalue weighted by Crippen LogP contribution is -2.59. The van der Waals surface area contributed by atoms with Crippen LogP contribution >= 0.6 is 0 Å². The van der Waals surface area contributed by atoms with Crippen LogP contribution in [0.25, 0.3) is 0 Å². The molecule has 0 spiro atoms. The van der Waals surface area contributed by atoms with Gasteiger partial charge in [-0.25, -0.2) is 0 Å². The van der Waals surface area contributed by atoms with Crippen LogP contribution in [0.15, 0.2) is 0 Å². The third-order valence-electron chi connectivity index (χ3n) is 5.92. The van der Waals surface area contributed by atoms with E-state index < -0.39 is 0 Å². The minimum atomic E-state index is -0.0392. The smallest absolute Gasteiger partial charge is 0.0830 e. The molecule has 0 unspecified atom stereocenters. The highest BCUT2D eigenvalue weighted by atomic mass is 16.5. The molecule has 0 N–H and O–H groups in total.